The molecule has 7 nitrogen and oxygen atoms in total. The number of nitro groups is 1. The van der Waals surface area contributed by atoms with E-state index in [1.807, 2.05) is 0 Å². The van der Waals surface area contributed by atoms with Crippen molar-refractivity contribution in [2.75, 3.05) is 25.6 Å². The van der Waals surface area contributed by atoms with Crippen LogP contribution in [0.4, 0.5) is 11.4 Å². The van der Waals surface area contributed by atoms with Crippen LogP contribution in [0.15, 0.2) is 12.1 Å². The minimum Gasteiger partial charge on any atom is -0.489 e. The Labute approximate surface area is 96.5 Å². The van der Waals surface area contributed by atoms with Crippen molar-refractivity contribution in [2.24, 2.45) is 0 Å². The highest BCUT2D eigenvalue weighted by Gasteiger charge is 2.25. The number of nitrogens with one attached hydrogen (secondary N) is 1. The largest absolute Gasteiger partial charge is 0.489 e. The summed E-state index contributed by atoms with van der Waals surface area (Å²) in [6.07, 6.45) is 0. The second-order valence-electron chi connectivity index (χ2n) is 3.39. The van der Waals surface area contributed by atoms with Gasteiger partial charge in [-0.25, -0.2) is 4.79 Å². The van der Waals surface area contributed by atoms with E-state index < -0.39 is 10.9 Å². The molecule has 0 amide bonds. The van der Waals surface area contributed by atoms with Crippen LogP contribution in [0.3, 0.4) is 0 Å². The van der Waals surface area contributed by atoms with E-state index in [4.69, 9.17) is 4.74 Å². The molecule has 0 radical (unpaired) electrons. The molecule has 1 aliphatic rings. The Balaban J connectivity index is 2.55. The molecule has 90 valence electrons. The summed E-state index contributed by atoms with van der Waals surface area (Å²) in [5.74, 6) is -0.373. The molecule has 2 rings (SSSR count). The normalized spacial score (nSPS) is 13.0. The quantitative estimate of drug-likeness (QED) is 0.472. The molecule has 0 aliphatic carbocycles. The molecule has 0 fully saturated rings. The first kappa shape index (κ1) is 11.2. The SMILES string of the molecule is COC(=O)c1cc2c(cc1[N+](=O)[O-])OCCN2. The Morgan fingerprint density at radius 1 is 1.59 bits per heavy atom. The lowest BCUT2D eigenvalue weighted by molar-refractivity contribution is -0.385. The summed E-state index contributed by atoms with van der Waals surface area (Å²) in [5.41, 5.74) is 0.149. The molecule has 1 aliphatic heterocycles. The Morgan fingerprint density at radius 2 is 2.35 bits per heavy atom. The van der Waals surface area contributed by atoms with E-state index in [2.05, 4.69) is 10.1 Å². The summed E-state index contributed by atoms with van der Waals surface area (Å²) in [6.45, 7) is 1.02. The number of rotatable bonds is 2. The molecule has 0 saturated carbocycles. The average molecular weight is 238 g/mol. The summed E-state index contributed by atoms with van der Waals surface area (Å²) in [7, 11) is 1.18. The van der Waals surface area contributed by atoms with E-state index in [1.165, 1.54) is 19.2 Å². The van der Waals surface area contributed by atoms with Crippen molar-refractivity contribution in [3.63, 3.8) is 0 Å². The summed E-state index contributed by atoms with van der Waals surface area (Å²) in [6, 6.07) is 2.60. The number of ether oxygens (including phenoxy) is 2. The Hall–Kier alpha value is -2.31. The molecule has 0 saturated heterocycles. The fourth-order valence-corrected chi connectivity index (χ4v) is 1.60. The van der Waals surface area contributed by atoms with Crippen molar-refractivity contribution in [2.45, 2.75) is 0 Å². The molecular weight excluding hydrogens is 228 g/mol. The van der Waals surface area contributed by atoms with Crippen molar-refractivity contribution in [1.29, 1.82) is 0 Å². The van der Waals surface area contributed by atoms with Crippen LogP contribution in [0.1, 0.15) is 10.4 Å². The highest BCUT2D eigenvalue weighted by Crippen LogP contribution is 2.34. The van der Waals surface area contributed by atoms with Gasteiger partial charge in [-0.1, -0.05) is 0 Å². The molecule has 0 unspecified atom stereocenters. The van der Waals surface area contributed by atoms with Crippen LogP contribution < -0.4 is 10.1 Å². The Morgan fingerprint density at radius 3 is 3.00 bits per heavy atom. The number of hydrogen-bond donors (Lipinski definition) is 1. The summed E-state index contributed by atoms with van der Waals surface area (Å²) in [5, 5.41) is 13.8. The zero-order valence-corrected chi connectivity index (χ0v) is 9.06. The third-order valence-electron chi connectivity index (χ3n) is 2.37. The second kappa shape index (κ2) is 4.28. The predicted molar refractivity (Wildman–Crippen MR) is 58.4 cm³/mol. The number of carbonyl (C=O) groups excluding carboxylic acids is 1. The lowest BCUT2D eigenvalue weighted by Crippen LogP contribution is -2.19. The predicted octanol–water partition coefficient (Wildman–Crippen LogP) is 1.19. The van der Waals surface area contributed by atoms with Crippen molar-refractivity contribution >= 4 is 17.3 Å². The lowest BCUT2D eigenvalue weighted by Gasteiger charge is -2.19. The molecule has 1 N–H and O–H groups in total. The number of benzene rings is 1. The van der Waals surface area contributed by atoms with Gasteiger partial charge in [-0.05, 0) is 6.07 Å². The van der Waals surface area contributed by atoms with E-state index in [9.17, 15) is 14.9 Å². The van der Waals surface area contributed by atoms with Crippen LogP contribution >= 0.6 is 0 Å². The van der Waals surface area contributed by atoms with Crippen LogP contribution in [-0.2, 0) is 4.74 Å². The maximum absolute atomic E-state index is 11.4. The van der Waals surface area contributed by atoms with Gasteiger partial charge in [0.1, 0.15) is 17.9 Å². The van der Waals surface area contributed by atoms with Crippen LogP contribution in [0.5, 0.6) is 5.75 Å². The maximum Gasteiger partial charge on any atom is 0.344 e. The highest BCUT2D eigenvalue weighted by molar-refractivity contribution is 5.96. The van der Waals surface area contributed by atoms with E-state index in [0.717, 1.165) is 0 Å². The summed E-state index contributed by atoms with van der Waals surface area (Å²) in [4.78, 5) is 21.6. The first-order valence-corrected chi connectivity index (χ1v) is 4.91. The number of esters is 1. The van der Waals surface area contributed by atoms with Crippen molar-refractivity contribution in [1.82, 2.24) is 0 Å². The number of anilines is 1. The Kier molecular flexibility index (Phi) is 2.82. The van der Waals surface area contributed by atoms with Gasteiger partial charge in [0.05, 0.1) is 23.8 Å². The molecule has 0 atom stereocenters. The van der Waals surface area contributed by atoms with Crippen molar-refractivity contribution in [3.8, 4) is 5.75 Å². The van der Waals surface area contributed by atoms with E-state index in [0.29, 0.717) is 24.6 Å². The number of nitro benzene ring substituents is 1. The fraction of sp³-hybridized carbons (Fsp3) is 0.300. The van der Waals surface area contributed by atoms with Gasteiger partial charge in [-0.3, -0.25) is 10.1 Å². The van der Waals surface area contributed by atoms with E-state index in [1.54, 1.807) is 0 Å². The minimum absolute atomic E-state index is 0.0887. The second-order valence-corrected chi connectivity index (χ2v) is 3.39. The molecule has 1 aromatic carbocycles. The number of carbonyl (C=O) groups is 1. The monoisotopic (exact) mass is 238 g/mol. The van der Waals surface area contributed by atoms with Gasteiger partial charge in [0.25, 0.3) is 5.69 Å². The lowest BCUT2D eigenvalue weighted by atomic mass is 10.1. The molecule has 0 spiro atoms. The van der Waals surface area contributed by atoms with E-state index in [-0.39, 0.29) is 11.3 Å². The summed E-state index contributed by atoms with van der Waals surface area (Å²) >= 11 is 0. The van der Waals surface area contributed by atoms with Gasteiger partial charge in [0.2, 0.25) is 0 Å². The van der Waals surface area contributed by atoms with Crippen LogP contribution in [0, 0.1) is 10.1 Å². The van der Waals surface area contributed by atoms with Gasteiger partial charge in [-0.15, -0.1) is 0 Å². The zero-order valence-electron chi connectivity index (χ0n) is 9.06. The van der Waals surface area contributed by atoms with Crippen LogP contribution in [0.2, 0.25) is 0 Å². The molecule has 1 aromatic rings. The van der Waals surface area contributed by atoms with E-state index >= 15 is 0 Å². The van der Waals surface area contributed by atoms with Crippen molar-refractivity contribution in [3.05, 3.63) is 27.8 Å². The smallest absolute Gasteiger partial charge is 0.344 e. The van der Waals surface area contributed by atoms with Gasteiger partial charge in [-0.2, -0.15) is 0 Å². The molecule has 7 heteroatoms. The maximum atomic E-state index is 11.4. The van der Waals surface area contributed by atoms with Crippen molar-refractivity contribution < 1.29 is 19.2 Å². The van der Waals surface area contributed by atoms with Crippen LogP contribution in [-0.4, -0.2) is 31.2 Å². The van der Waals surface area contributed by atoms with Gasteiger partial charge >= 0.3 is 5.97 Å². The standard InChI is InChI=1S/C10H10N2O5/c1-16-10(13)6-4-7-9(17-3-2-11-7)5-8(6)12(14)15/h4-5,11H,2-3H2,1H3. The summed E-state index contributed by atoms with van der Waals surface area (Å²) < 4.78 is 9.77. The molecule has 0 aromatic heterocycles. The topological polar surface area (TPSA) is 90.7 Å². The molecule has 17 heavy (non-hydrogen) atoms. The highest BCUT2D eigenvalue weighted by atomic mass is 16.6. The molecule has 0 bridgehead atoms. The van der Waals surface area contributed by atoms with Gasteiger partial charge in [0.15, 0.2) is 0 Å². The number of methoxy groups -OCH3 is 1. The minimum atomic E-state index is -0.744. The van der Waals surface area contributed by atoms with Gasteiger partial charge in [0, 0.05) is 6.54 Å². The third kappa shape index (κ3) is 1.99. The first-order valence-electron chi connectivity index (χ1n) is 4.91. The molecule has 1 heterocycles. The molecular formula is C10H10N2O5. The first-order chi connectivity index (χ1) is 8.13. The van der Waals surface area contributed by atoms with Gasteiger partial charge < -0.3 is 14.8 Å². The fourth-order valence-electron chi connectivity index (χ4n) is 1.60. The number of nitrogens with zero attached hydrogens (tertiary/aromatic N) is 1. The average Bonchev–Trinajstić information content (AvgIpc) is 2.36. The van der Waals surface area contributed by atoms with Crippen LogP contribution in [0.25, 0.3) is 0 Å². The third-order valence-corrected chi connectivity index (χ3v) is 2.37. The Bertz CT molecular complexity index is 486. The number of fused-ring (bicyclic) bond motifs is 1. The number of hydrogen-bond acceptors (Lipinski definition) is 6. The zero-order chi connectivity index (χ0) is 12.4.